The molecule has 354 valence electrons. The van der Waals surface area contributed by atoms with Crippen LogP contribution < -0.4 is 0 Å². The first kappa shape index (κ1) is 91.4. The van der Waals surface area contributed by atoms with Crippen molar-refractivity contribution in [1.82, 2.24) is 0 Å². The van der Waals surface area contributed by atoms with Crippen LogP contribution >= 0.6 is 0 Å². The second-order valence-electron chi connectivity index (χ2n) is 10.7. The fourth-order valence-electron chi connectivity index (χ4n) is 1.92. The fraction of sp³-hybridized carbons (Fsp3) is 0.466. The summed E-state index contributed by atoms with van der Waals surface area (Å²) in [7, 11) is 3.25. The lowest BCUT2D eigenvalue weighted by Crippen LogP contribution is -2.00. The van der Waals surface area contributed by atoms with Crippen molar-refractivity contribution in [3.63, 3.8) is 0 Å². The maximum absolute atomic E-state index is 9.44. The highest BCUT2D eigenvalue weighted by molar-refractivity contribution is 5.72. The summed E-state index contributed by atoms with van der Waals surface area (Å²) in [4.78, 5) is 9.44. The lowest BCUT2D eigenvalue weighted by molar-refractivity contribution is -0.115. The number of methoxy groups -OCH3 is 1. The molecule has 0 aliphatic heterocycles. The van der Waals surface area contributed by atoms with Gasteiger partial charge in [-0.1, -0.05) is 335 Å². The molecule has 0 aliphatic rings. The second-order valence-corrected chi connectivity index (χ2v) is 10.7. The van der Waals surface area contributed by atoms with E-state index in [1.165, 1.54) is 26.7 Å². The molecule has 0 aromatic heterocycles. The molecule has 60 heavy (non-hydrogen) atoms. The summed E-state index contributed by atoms with van der Waals surface area (Å²) in [5.74, 6) is 0.167. The molecule has 0 radical (unpaired) electrons. The zero-order valence-electron chi connectivity index (χ0n) is 40.6. The summed E-state index contributed by atoms with van der Waals surface area (Å²) in [6.07, 6.45) is 2.52. The standard InChI is InChI=1S/5C6H6.C6H14.C3H6O.C3H8.C2H6O.5C2H6.4CH4/c5*1-2-4-6-5-3-1;1-5-6(2,3)4;1-3(2)4;2*1-3-2;5*1-2;;;;/h5*1-6H;5H2,1-4H3;1-2H3;3H2,1-2H3;1-2H3;5*1-2H3;4*1H4. The van der Waals surface area contributed by atoms with Crippen LogP contribution in [-0.4, -0.2) is 20.0 Å². The van der Waals surface area contributed by atoms with Gasteiger partial charge in [0.2, 0.25) is 0 Å². The number of ketones is 1. The topological polar surface area (TPSA) is 26.3 Å². The number of ether oxygens (including phenoxy) is 1. The Labute approximate surface area is 382 Å². The van der Waals surface area contributed by atoms with Crippen LogP contribution in [0.25, 0.3) is 0 Å². The minimum Gasteiger partial charge on any atom is -0.388 e. The van der Waals surface area contributed by atoms with Crippen molar-refractivity contribution in [1.29, 1.82) is 0 Å². The summed E-state index contributed by atoms with van der Waals surface area (Å²) >= 11 is 0. The van der Waals surface area contributed by atoms with Crippen molar-refractivity contribution in [2.75, 3.05) is 14.2 Å². The first-order chi connectivity index (χ1) is 27.1. The van der Waals surface area contributed by atoms with E-state index in [1.807, 2.05) is 251 Å². The third kappa shape index (κ3) is 181. The molecule has 0 aliphatic carbocycles. The van der Waals surface area contributed by atoms with Gasteiger partial charge in [-0.05, 0) is 19.3 Å². The molecule has 0 unspecified atom stereocenters. The van der Waals surface area contributed by atoms with Gasteiger partial charge < -0.3 is 9.53 Å². The van der Waals surface area contributed by atoms with Crippen molar-refractivity contribution in [2.45, 2.75) is 167 Å². The van der Waals surface area contributed by atoms with E-state index in [1.54, 1.807) is 14.2 Å². The average Bonchev–Trinajstić information content (AvgIpc) is 3.29. The first-order valence-electron chi connectivity index (χ1n) is 21.0. The molecule has 0 heterocycles. The van der Waals surface area contributed by atoms with E-state index in [2.05, 4.69) is 46.3 Å². The van der Waals surface area contributed by atoms with Crippen LogP contribution in [0.4, 0.5) is 0 Å². The quantitative estimate of drug-likeness (QED) is 0.155. The van der Waals surface area contributed by atoms with E-state index in [4.69, 9.17) is 0 Å². The third-order valence-corrected chi connectivity index (χ3v) is 4.39. The van der Waals surface area contributed by atoms with Crippen molar-refractivity contribution in [3.8, 4) is 0 Å². The number of hydrogen-bond acceptors (Lipinski definition) is 2. The highest BCUT2D eigenvalue weighted by Gasteiger charge is 2.03. The van der Waals surface area contributed by atoms with E-state index in [-0.39, 0.29) is 35.5 Å². The fourth-order valence-corrected chi connectivity index (χ4v) is 1.92. The summed E-state index contributed by atoms with van der Waals surface area (Å²) in [6.45, 7) is 36.2. The number of rotatable bonds is 0. The third-order valence-electron chi connectivity index (χ3n) is 4.39. The van der Waals surface area contributed by atoms with Crippen LogP contribution in [0.5, 0.6) is 0 Å². The van der Waals surface area contributed by atoms with Gasteiger partial charge in [0.1, 0.15) is 5.78 Å². The molecular formula is C58H110O2. The molecule has 0 amide bonds. The second kappa shape index (κ2) is 111. The van der Waals surface area contributed by atoms with Gasteiger partial charge >= 0.3 is 0 Å². The Morgan fingerprint density at radius 1 is 0.333 bits per heavy atom. The zero-order chi connectivity index (χ0) is 45.4. The van der Waals surface area contributed by atoms with Crippen molar-refractivity contribution < 1.29 is 9.53 Å². The van der Waals surface area contributed by atoms with Gasteiger partial charge in [0.25, 0.3) is 0 Å². The molecule has 2 nitrogen and oxygen atoms in total. The van der Waals surface area contributed by atoms with Gasteiger partial charge in [0.15, 0.2) is 0 Å². The summed E-state index contributed by atoms with van der Waals surface area (Å²) in [5, 5.41) is 0. The first-order valence-corrected chi connectivity index (χ1v) is 21.0. The Morgan fingerprint density at radius 2 is 0.367 bits per heavy atom. The van der Waals surface area contributed by atoms with Crippen molar-refractivity contribution in [2.24, 2.45) is 5.41 Å². The number of carbonyl (C=O) groups is 1. The predicted octanol–water partition coefficient (Wildman–Crippen LogP) is 20.8. The monoisotopic (exact) mass is 839 g/mol. The van der Waals surface area contributed by atoms with Crippen LogP contribution in [0.15, 0.2) is 182 Å². The maximum atomic E-state index is 9.44. The molecular weight excluding hydrogens is 729 g/mol. The van der Waals surface area contributed by atoms with Gasteiger partial charge in [-0.3, -0.25) is 0 Å². The SMILES string of the molecule is C.C.C.C.CC.CC.CC.CC.CC.CC(C)=O.CCC.CCC(C)(C)C.COC.c1ccccc1.c1ccccc1.c1ccccc1.c1ccccc1.c1ccccc1. The normalized spacial score (nSPS) is 6.73. The molecule has 0 spiro atoms. The lowest BCUT2D eigenvalue weighted by Gasteiger charge is -2.12. The van der Waals surface area contributed by atoms with E-state index >= 15 is 0 Å². The van der Waals surface area contributed by atoms with Crippen LogP contribution in [-0.2, 0) is 9.53 Å². The van der Waals surface area contributed by atoms with Gasteiger partial charge in [0, 0.05) is 14.2 Å². The van der Waals surface area contributed by atoms with Crippen LogP contribution in [0.2, 0.25) is 0 Å². The lowest BCUT2D eigenvalue weighted by atomic mass is 9.94. The molecule has 0 bridgehead atoms. The van der Waals surface area contributed by atoms with Crippen LogP contribution in [0.1, 0.15) is 167 Å². The number of Topliss-reactive ketones (excluding diaryl/α,β-unsaturated/α-hetero) is 1. The van der Waals surface area contributed by atoms with Gasteiger partial charge in [0.05, 0.1) is 0 Å². The highest BCUT2D eigenvalue weighted by Crippen LogP contribution is 2.16. The minimum atomic E-state index is 0. The van der Waals surface area contributed by atoms with Gasteiger partial charge in [-0.25, -0.2) is 0 Å². The Balaban J connectivity index is -0.0000000367. The van der Waals surface area contributed by atoms with Crippen molar-refractivity contribution in [3.05, 3.63) is 182 Å². The molecule has 5 aromatic rings. The predicted molar refractivity (Wildman–Crippen MR) is 291 cm³/mol. The van der Waals surface area contributed by atoms with Gasteiger partial charge in [-0.15, -0.1) is 0 Å². The van der Waals surface area contributed by atoms with Crippen LogP contribution in [0.3, 0.4) is 0 Å². The van der Waals surface area contributed by atoms with Crippen LogP contribution in [0, 0.1) is 5.41 Å². The molecule has 0 N–H and O–H groups in total. The van der Waals surface area contributed by atoms with E-state index in [9.17, 15) is 4.79 Å². The molecule has 5 rings (SSSR count). The Morgan fingerprint density at radius 3 is 0.383 bits per heavy atom. The highest BCUT2D eigenvalue weighted by atomic mass is 16.4. The average molecular weight is 840 g/mol. The number of carbonyl (C=O) groups excluding carboxylic acids is 1. The zero-order valence-corrected chi connectivity index (χ0v) is 40.6. The Bertz CT molecular complexity index is 772. The molecule has 5 aromatic carbocycles. The smallest absolute Gasteiger partial charge is 0.126 e. The largest absolute Gasteiger partial charge is 0.388 e. The molecule has 0 saturated heterocycles. The van der Waals surface area contributed by atoms with E-state index < -0.39 is 0 Å². The summed E-state index contributed by atoms with van der Waals surface area (Å²) < 4.78 is 4.25. The molecule has 0 fully saturated rings. The molecule has 0 atom stereocenters. The molecule has 0 saturated carbocycles. The van der Waals surface area contributed by atoms with E-state index in [0.717, 1.165) is 0 Å². The number of benzene rings is 5. The Kier molecular flexibility index (Phi) is 169. The minimum absolute atomic E-state index is 0. The van der Waals surface area contributed by atoms with E-state index in [0.29, 0.717) is 5.41 Å². The number of hydrogen-bond donors (Lipinski definition) is 0. The summed E-state index contributed by atoms with van der Waals surface area (Å²) in [6, 6.07) is 60.0. The van der Waals surface area contributed by atoms with Gasteiger partial charge in [-0.2, -0.15) is 0 Å². The summed E-state index contributed by atoms with van der Waals surface area (Å²) in [5.41, 5.74) is 0.542. The van der Waals surface area contributed by atoms with Crippen molar-refractivity contribution >= 4 is 5.78 Å². The molecule has 2 heteroatoms. The maximum Gasteiger partial charge on any atom is 0.126 e. The Hall–Kier alpha value is -4.27.